The Kier molecular flexibility index (Phi) is 19.1. The standard InChI is InChI=1S/C17H9F6N3O2S.C17H9F3N4O2S.C16H9F4N3O2S/c18-16(19,20)11-3-1-2-10(8-11)14-25-26-15(28-14)24-13(27)9-4-6-12(7-5-9)29-17(21,22)23;18-17(19,20)27-13-6-4-11(5-7-13)14(25)22-16-24-23-15(26-16)12-3-1-2-10(8-12)9-21;17-11-5-1-10(2-6-11)14-22-23-15(25-14)21-13(24)9-3-7-12(8-4-9)26-16(18,19)20/h1-8H,(H,24,26,27);1-8H,(H,22,24,25);1-8H,(H,21,23,24). The normalized spacial score (nSPS) is 11.5. The fourth-order valence-corrected chi connectivity index (χ4v) is 7.86. The molecule has 16 nitrogen and oxygen atoms in total. The van der Waals surface area contributed by atoms with Crippen LogP contribution in [-0.4, -0.2) is 64.8 Å². The summed E-state index contributed by atoms with van der Waals surface area (Å²) in [5, 5.41) is 37.8. The molecule has 0 spiro atoms. The first-order valence-electron chi connectivity index (χ1n) is 22.1. The molecular formula is C50H27F13N10O6S3. The predicted molar refractivity (Wildman–Crippen MR) is 268 cm³/mol. The Labute approximate surface area is 462 Å². The Morgan fingerprint density at radius 3 is 1.11 bits per heavy atom. The molecule has 3 heterocycles. The number of alkyl halides is 12. The van der Waals surface area contributed by atoms with Crippen molar-refractivity contribution < 1.29 is 84.7 Å². The first kappa shape index (κ1) is 60.4. The second kappa shape index (κ2) is 25.9. The lowest BCUT2D eigenvalue weighted by atomic mass is 10.1. The van der Waals surface area contributed by atoms with Crippen molar-refractivity contribution in [3.63, 3.8) is 0 Å². The zero-order valence-corrected chi connectivity index (χ0v) is 42.5. The third-order valence-electron chi connectivity index (χ3n) is 9.75. The molecule has 0 aliphatic heterocycles. The molecule has 0 bridgehead atoms. The van der Waals surface area contributed by atoms with Gasteiger partial charge in [-0.2, -0.15) is 57.9 Å². The number of anilines is 3. The summed E-state index contributed by atoms with van der Waals surface area (Å²) in [6, 6.07) is 31.6. The van der Waals surface area contributed by atoms with Gasteiger partial charge in [-0.1, -0.05) is 27.4 Å². The van der Waals surface area contributed by atoms with Gasteiger partial charge in [0.25, 0.3) is 17.7 Å². The van der Waals surface area contributed by atoms with Gasteiger partial charge >= 0.3 is 40.7 Å². The van der Waals surface area contributed by atoms with Crippen molar-refractivity contribution in [2.24, 2.45) is 0 Å². The molecular weight excluding hydrogens is 1180 g/mol. The zero-order chi connectivity index (χ0) is 59.4. The average molecular weight is 1210 g/mol. The number of hydrogen-bond acceptors (Lipinski definition) is 16. The topological polar surface area (TPSA) is 228 Å². The van der Waals surface area contributed by atoms with Crippen molar-refractivity contribution >= 4 is 71.1 Å². The van der Waals surface area contributed by atoms with Gasteiger partial charge in [0.1, 0.15) is 5.82 Å². The molecule has 9 aromatic rings. The van der Waals surface area contributed by atoms with Gasteiger partial charge in [0, 0.05) is 48.1 Å². The highest BCUT2D eigenvalue weighted by Gasteiger charge is 2.33. The summed E-state index contributed by atoms with van der Waals surface area (Å²) in [5.41, 5.74) is -12.5. The van der Waals surface area contributed by atoms with Crippen molar-refractivity contribution in [2.45, 2.75) is 37.4 Å². The van der Waals surface area contributed by atoms with E-state index >= 15 is 0 Å². The molecule has 32 heteroatoms. The number of nitriles is 1. The molecule has 0 saturated carbocycles. The number of halogens is 13. The number of amides is 3. The van der Waals surface area contributed by atoms with Crippen LogP contribution in [0.1, 0.15) is 42.2 Å². The Morgan fingerprint density at radius 1 is 0.427 bits per heavy atom. The largest absolute Gasteiger partial charge is 0.446 e. The minimum atomic E-state index is -4.55. The van der Waals surface area contributed by atoms with E-state index in [-0.39, 0.29) is 108 Å². The SMILES string of the molecule is N#Cc1cccc(-c2nnc(NC(=O)c3ccc(SC(F)(F)F)cc3)o2)c1.O=C(Nc1nnc(-c2ccc(F)cc2)o1)c1ccc(SC(F)(F)F)cc1.O=C(Nc1nnc(-c2cccc(C(F)(F)F)c2)o1)c1ccc(SC(F)(F)F)cc1. The van der Waals surface area contributed by atoms with Crippen molar-refractivity contribution in [1.29, 1.82) is 5.26 Å². The van der Waals surface area contributed by atoms with Gasteiger partial charge in [-0.15, -0.1) is 15.3 Å². The Bertz CT molecular complexity index is 3700. The van der Waals surface area contributed by atoms with Crippen LogP contribution in [0.4, 0.5) is 75.1 Å². The highest BCUT2D eigenvalue weighted by Crippen LogP contribution is 2.39. The molecule has 3 aromatic heterocycles. The summed E-state index contributed by atoms with van der Waals surface area (Å²) in [6.45, 7) is 0. The number of nitrogens with one attached hydrogen (secondary N) is 3. The van der Waals surface area contributed by atoms with Crippen molar-refractivity contribution in [1.82, 2.24) is 30.6 Å². The van der Waals surface area contributed by atoms with Crippen molar-refractivity contribution in [3.8, 4) is 40.4 Å². The van der Waals surface area contributed by atoms with Crippen molar-refractivity contribution in [3.05, 3.63) is 179 Å². The molecule has 3 N–H and O–H groups in total. The van der Waals surface area contributed by atoms with E-state index in [0.717, 1.165) is 24.3 Å². The number of benzene rings is 6. The van der Waals surface area contributed by atoms with E-state index in [0.29, 0.717) is 16.7 Å². The van der Waals surface area contributed by atoms with Gasteiger partial charge in [0.05, 0.1) is 17.2 Å². The minimum absolute atomic E-state index is 0.00125. The molecule has 9 rings (SSSR count). The van der Waals surface area contributed by atoms with Crippen LogP contribution >= 0.6 is 35.3 Å². The monoisotopic (exact) mass is 1210 g/mol. The zero-order valence-electron chi connectivity index (χ0n) is 40.1. The maximum atomic E-state index is 12.9. The van der Waals surface area contributed by atoms with Gasteiger partial charge in [-0.25, -0.2) is 4.39 Å². The van der Waals surface area contributed by atoms with Crippen molar-refractivity contribution in [2.75, 3.05) is 16.0 Å². The lowest BCUT2D eigenvalue weighted by Gasteiger charge is -2.06. The van der Waals surface area contributed by atoms with Gasteiger partial charge in [-0.05, 0) is 169 Å². The fraction of sp³-hybridized carbons (Fsp3) is 0.0800. The molecule has 0 atom stereocenters. The number of aromatic nitrogens is 6. The Morgan fingerprint density at radius 2 is 0.768 bits per heavy atom. The molecule has 0 saturated heterocycles. The maximum Gasteiger partial charge on any atom is 0.446 e. The lowest BCUT2D eigenvalue weighted by Crippen LogP contribution is -2.12. The van der Waals surface area contributed by atoms with E-state index in [1.807, 2.05) is 6.07 Å². The van der Waals surface area contributed by atoms with E-state index in [1.54, 1.807) is 24.3 Å². The number of hydrogen-bond donors (Lipinski definition) is 3. The molecule has 3 amide bonds. The van der Waals surface area contributed by atoms with E-state index in [1.165, 1.54) is 97.1 Å². The third kappa shape index (κ3) is 18.4. The molecule has 0 radical (unpaired) electrons. The van der Waals surface area contributed by atoms with Crippen LogP contribution in [0.25, 0.3) is 34.4 Å². The molecule has 82 heavy (non-hydrogen) atoms. The van der Waals surface area contributed by atoms with E-state index < -0.39 is 51.8 Å². The first-order chi connectivity index (χ1) is 38.6. The second-order valence-electron chi connectivity index (χ2n) is 15.6. The number of nitrogens with zero attached hydrogens (tertiary/aromatic N) is 7. The van der Waals surface area contributed by atoms with Crippen LogP contribution in [0.15, 0.2) is 174 Å². The second-order valence-corrected chi connectivity index (χ2v) is 19.0. The fourth-order valence-electron chi connectivity index (χ4n) is 6.25. The molecule has 0 aliphatic carbocycles. The number of rotatable bonds is 12. The number of thioether (sulfide) groups is 3. The van der Waals surface area contributed by atoms with E-state index in [4.69, 9.17) is 18.5 Å². The average Bonchev–Trinajstić information content (AvgIpc) is 4.23. The quantitative estimate of drug-likeness (QED) is 0.0763. The van der Waals surface area contributed by atoms with Gasteiger partial charge in [0.2, 0.25) is 17.7 Å². The molecule has 0 fully saturated rings. The summed E-state index contributed by atoms with van der Waals surface area (Å²) in [6.07, 6.45) is -4.55. The van der Waals surface area contributed by atoms with Crippen LogP contribution in [0.2, 0.25) is 0 Å². The van der Waals surface area contributed by atoms with Crippen LogP contribution in [0, 0.1) is 17.1 Å². The molecule has 0 unspecified atom stereocenters. The van der Waals surface area contributed by atoms with Crippen LogP contribution < -0.4 is 16.0 Å². The Hall–Kier alpha value is -9.22. The third-order valence-corrected chi connectivity index (χ3v) is 12.0. The lowest BCUT2D eigenvalue weighted by molar-refractivity contribution is -0.137. The minimum Gasteiger partial charge on any atom is -0.403 e. The Balaban J connectivity index is 0.000000177. The first-order valence-corrected chi connectivity index (χ1v) is 24.6. The smallest absolute Gasteiger partial charge is 0.403 e. The van der Waals surface area contributed by atoms with Crippen LogP contribution in [0.3, 0.4) is 0 Å². The number of carbonyl (C=O) groups excluding carboxylic acids is 3. The molecule has 422 valence electrons. The van der Waals surface area contributed by atoms with E-state index in [2.05, 4.69) is 46.5 Å². The summed E-state index contributed by atoms with van der Waals surface area (Å²) in [4.78, 5) is 36.2. The van der Waals surface area contributed by atoms with Gasteiger partial charge < -0.3 is 13.3 Å². The molecule has 6 aromatic carbocycles. The highest BCUT2D eigenvalue weighted by molar-refractivity contribution is 8.00. The summed E-state index contributed by atoms with van der Waals surface area (Å²) in [5.74, 6) is -2.45. The highest BCUT2D eigenvalue weighted by atomic mass is 32.2. The van der Waals surface area contributed by atoms with Gasteiger partial charge in [0.15, 0.2) is 0 Å². The number of carbonyl (C=O) groups is 3. The summed E-state index contributed by atoms with van der Waals surface area (Å²) in [7, 11) is 0. The van der Waals surface area contributed by atoms with Crippen LogP contribution in [-0.2, 0) is 6.18 Å². The van der Waals surface area contributed by atoms with Gasteiger partial charge in [-0.3, -0.25) is 30.3 Å². The summed E-state index contributed by atoms with van der Waals surface area (Å²) >= 11 is -0.862. The maximum absolute atomic E-state index is 12.9. The van der Waals surface area contributed by atoms with Crippen LogP contribution in [0.5, 0.6) is 0 Å². The van der Waals surface area contributed by atoms with E-state index in [9.17, 15) is 71.5 Å². The summed E-state index contributed by atoms with van der Waals surface area (Å²) < 4.78 is 178. The predicted octanol–water partition coefficient (Wildman–Crippen LogP) is 14.8. The molecule has 0 aliphatic rings.